The largest absolute Gasteiger partial charge is 0.293 e. The van der Waals surface area contributed by atoms with E-state index < -0.39 is 54.9 Å². The van der Waals surface area contributed by atoms with Crippen molar-refractivity contribution >= 4 is 0 Å². The molecule has 2 aliphatic rings. The summed E-state index contributed by atoms with van der Waals surface area (Å²) in [5.74, 6) is -3.75. The lowest BCUT2D eigenvalue weighted by molar-refractivity contribution is 0.0124. The molecule has 0 amide bonds. The van der Waals surface area contributed by atoms with E-state index in [1.165, 1.54) is 34.6 Å². The van der Waals surface area contributed by atoms with E-state index in [0.717, 1.165) is 0 Å². The van der Waals surface area contributed by atoms with Gasteiger partial charge in [0.2, 0.25) is 0 Å². The zero-order chi connectivity index (χ0) is 21.2. The summed E-state index contributed by atoms with van der Waals surface area (Å²) < 4.78 is 94.3. The van der Waals surface area contributed by atoms with Crippen molar-refractivity contribution in [3.05, 3.63) is 0 Å². The van der Waals surface area contributed by atoms with Gasteiger partial charge in [-0.15, -0.1) is 0 Å². The number of rotatable bonds is 1. The monoisotopic (exact) mass is 220 g/mol. The molecule has 15 heavy (non-hydrogen) atoms. The molecule has 1 heteroatoms. The van der Waals surface area contributed by atoms with Crippen molar-refractivity contribution in [2.24, 2.45) is 11.8 Å². The molecule has 2 aliphatic heterocycles. The van der Waals surface area contributed by atoms with Gasteiger partial charge >= 0.3 is 0 Å². The Kier molecular flexibility index (Phi) is 1.01. The highest BCUT2D eigenvalue weighted by Crippen LogP contribution is 2.44. The van der Waals surface area contributed by atoms with Gasteiger partial charge in [0.25, 0.3) is 0 Å². The Morgan fingerprint density at radius 1 is 1.20 bits per heavy atom. The number of piperidine rings is 1. The summed E-state index contributed by atoms with van der Waals surface area (Å²) in [6.45, 7) is 7.17. The Hall–Kier alpha value is -0.0400. The molecule has 1 nitrogen and oxygen atoms in total. The second kappa shape index (κ2) is 3.76. The van der Waals surface area contributed by atoms with Crippen LogP contribution >= 0.6 is 0 Å². The summed E-state index contributed by atoms with van der Waals surface area (Å²) in [5.41, 5.74) is -1.31. The molecule has 0 N–H and O–H groups in total. The molecule has 2 fully saturated rings. The van der Waals surface area contributed by atoms with E-state index in [4.69, 9.17) is 15.1 Å². The maximum Gasteiger partial charge on any atom is 0.0468 e. The van der Waals surface area contributed by atoms with Crippen molar-refractivity contribution in [2.75, 3.05) is 0 Å². The third-order valence-corrected chi connectivity index (χ3v) is 2.50. The fourth-order valence-electron chi connectivity index (χ4n) is 1.76. The highest BCUT2D eigenvalue weighted by atomic mass is 15.3. The van der Waals surface area contributed by atoms with E-state index in [2.05, 4.69) is 0 Å². The first kappa shape index (κ1) is 4.01. The lowest BCUT2D eigenvalue weighted by atomic mass is 9.81. The SMILES string of the molecule is [2H]C1([2H])C([2H])([2H])C2([2H])N(C(C)(C)C)C1([2H])C([2H])([2H])C([2H])(C(C)C)C2([2H])[2H]. The van der Waals surface area contributed by atoms with Crippen LogP contribution in [0.2, 0.25) is 0 Å². The van der Waals surface area contributed by atoms with Crippen LogP contribution in [0.4, 0.5) is 0 Å². The van der Waals surface area contributed by atoms with Crippen LogP contribution in [0.5, 0.6) is 0 Å². The topological polar surface area (TPSA) is 3.24 Å². The van der Waals surface area contributed by atoms with E-state index in [-0.39, 0.29) is 0 Å². The highest BCUT2D eigenvalue weighted by molar-refractivity contribution is 5.00. The summed E-state index contributed by atoms with van der Waals surface area (Å²) in [7, 11) is 0. The number of nitrogens with zero attached hydrogens (tertiary/aromatic N) is 1. The molecule has 2 bridgehead atoms. The van der Waals surface area contributed by atoms with Crippen LogP contribution in [0.1, 0.15) is 75.2 Å². The lowest BCUT2D eigenvalue weighted by Crippen LogP contribution is -2.53. The molecule has 0 spiro atoms. The second-order valence-corrected chi connectivity index (χ2v) is 5.27. The zero-order valence-electron chi connectivity index (χ0n) is 21.0. The number of fused-ring (bicyclic) bond motifs is 2. The molecule has 0 aromatic rings. The van der Waals surface area contributed by atoms with Gasteiger partial charge < -0.3 is 0 Å². The molecule has 0 aromatic carbocycles. The fourth-order valence-corrected chi connectivity index (χ4v) is 1.76. The van der Waals surface area contributed by atoms with Gasteiger partial charge in [-0.2, -0.15) is 0 Å². The first-order valence-electron chi connectivity index (χ1n) is 10.9. The van der Waals surface area contributed by atoms with Gasteiger partial charge in [-0.1, -0.05) is 13.8 Å². The molecule has 0 saturated carbocycles. The normalized spacial score (nSPS) is 76.5. The van der Waals surface area contributed by atoms with Crippen molar-refractivity contribution in [1.29, 1.82) is 0 Å². The molecule has 0 aliphatic carbocycles. The number of hydrogen-bond donors (Lipinski definition) is 0. The molecule has 2 rings (SSSR count). The molecule has 2 saturated heterocycles. The number of hydrogen-bond acceptors (Lipinski definition) is 1. The van der Waals surface area contributed by atoms with Crippen molar-refractivity contribution in [1.82, 2.24) is 4.90 Å². The predicted octanol–water partition coefficient (Wildman–Crippen LogP) is 3.68. The van der Waals surface area contributed by atoms with Gasteiger partial charge in [0, 0.05) is 32.7 Å². The van der Waals surface area contributed by atoms with Crippen molar-refractivity contribution in [2.45, 2.75) is 77.7 Å². The Bertz CT molecular complexity index is 583. The van der Waals surface area contributed by atoms with E-state index in [0.29, 0.717) is 4.90 Å². The van der Waals surface area contributed by atoms with Crippen LogP contribution < -0.4 is 0 Å². The Morgan fingerprint density at radius 2 is 1.67 bits per heavy atom. The van der Waals surface area contributed by atoms with Gasteiger partial charge in [0.15, 0.2) is 0 Å². The molecule has 2 heterocycles. The Labute approximate surface area is 111 Å². The Morgan fingerprint density at radius 3 is 2.00 bits per heavy atom. The zero-order valence-corrected chi connectivity index (χ0v) is 10.0. The molecular formula is C14H27N. The molecule has 0 radical (unpaired) electrons. The van der Waals surface area contributed by atoms with Crippen LogP contribution in [0.25, 0.3) is 0 Å². The van der Waals surface area contributed by atoms with Crippen molar-refractivity contribution in [3.8, 4) is 0 Å². The summed E-state index contributed by atoms with van der Waals surface area (Å²) >= 11 is 0. The van der Waals surface area contributed by atoms with Crippen LogP contribution in [0.3, 0.4) is 0 Å². The van der Waals surface area contributed by atoms with Gasteiger partial charge in [0.05, 0.1) is 0 Å². The van der Waals surface area contributed by atoms with E-state index in [1.54, 1.807) is 0 Å². The highest BCUT2D eigenvalue weighted by Gasteiger charge is 2.45. The molecule has 88 valence electrons. The summed E-state index contributed by atoms with van der Waals surface area (Å²) in [6.07, 6.45) is -12.7. The van der Waals surface area contributed by atoms with Gasteiger partial charge in [-0.25, -0.2) is 0 Å². The lowest BCUT2D eigenvalue weighted by Gasteiger charge is -2.47. The molecular weight excluding hydrogens is 182 g/mol. The van der Waals surface area contributed by atoms with E-state index in [1.807, 2.05) is 0 Å². The van der Waals surface area contributed by atoms with Crippen LogP contribution in [0, 0.1) is 11.8 Å². The van der Waals surface area contributed by atoms with Crippen molar-refractivity contribution < 1.29 is 15.1 Å². The van der Waals surface area contributed by atoms with E-state index >= 15 is 0 Å². The molecule has 2 atom stereocenters. The average Bonchev–Trinajstić information content (AvgIpc) is 2.50. The fraction of sp³-hybridized carbons (Fsp3) is 1.00. The van der Waals surface area contributed by atoms with Crippen LogP contribution in [-0.2, 0) is 0 Å². The first-order valence-corrected chi connectivity index (χ1v) is 5.36. The minimum Gasteiger partial charge on any atom is -0.293 e. The van der Waals surface area contributed by atoms with Gasteiger partial charge in [-0.3, -0.25) is 4.90 Å². The third-order valence-electron chi connectivity index (χ3n) is 2.50. The standard InChI is InChI=1S/C14H27N/c1-10(2)11-8-12-6-7-13(9-11)15(12)14(3,4)5/h10-13H,6-9H2,1-5H3/i6D2,7D2,8D2,9D2,11D,12D,13D. The smallest absolute Gasteiger partial charge is 0.0468 e. The van der Waals surface area contributed by atoms with Gasteiger partial charge in [-0.05, 0) is 58.1 Å². The van der Waals surface area contributed by atoms with Crippen LogP contribution in [0.15, 0.2) is 0 Å². The van der Waals surface area contributed by atoms with Crippen LogP contribution in [-0.4, -0.2) is 22.5 Å². The summed E-state index contributed by atoms with van der Waals surface area (Å²) in [6, 6.07) is -5.97. The summed E-state index contributed by atoms with van der Waals surface area (Å²) in [4.78, 5) is 0.683. The van der Waals surface area contributed by atoms with Crippen molar-refractivity contribution in [3.63, 3.8) is 0 Å². The first-order chi connectivity index (χ1) is 11.1. The molecule has 2 unspecified atom stereocenters. The maximum atomic E-state index is 8.86. The summed E-state index contributed by atoms with van der Waals surface area (Å²) in [5, 5.41) is 0. The predicted molar refractivity (Wildman–Crippen MR) is 66.0 cm³/mol. The third kappa shape index (κ3) is 2.08. The van der Waals surface area contributed by atoms with E-state index in [9.17, 15) is 0 Å². The minimum atomic E-state index is -3.25. The Balaban J connectivity index is 3.15. The maximum absolute atomic E-state index is 8.86. The molecule has 0 aromatic heterocycles. The van der Waals surface area contributed by atoms with Gasteiger partial charge in [0.1, 0.15) is 0 Å². The quantitative estimate of drug-likeness (QED) is 0.651. The second-order valence-electron chi connectivity index (χ2n) is 5.27. The average molecular weight is 220 g/mol. The minimum absolute atomic E-state index is 0.683.